The third-order valence-electron chi connectivity index (χ3n) is 4.50. The number of ether oxygens (including phenoxy) is 2. The van der Waals surface area contributed by atoms with Crippen LogP contribution in [0.4, 0.5) is 5.82 Å². The highest BCUT2D eigenvalue weighted by molar-refractivity contribution is 9.10. The summed E-state index contributed by atoms with van der Waals surface area (Å²) in [5, 5.41) is 19.2. The second-order valence-electron chi connectivity index (χ2n) is 6.60. The summed E-state index contributed by atoms with van der Waals surface area (Å²) < 4.78 is 11.9. The molecule has 0 aliphatic carbocycles. The van der Waals surface area contributed by atoms with Gasteiger partial charge >= 0.3 is 11.9 Å². The molecular weight excluding hydrogens is 484 g/mol. The first-order valence-electron chi connectivity index (χ1n) is 9.40. The molecule has 1 heterocycles. The van der Waals surface area contributed by atoms with Crippen molar-refractivity contribution in [2.24, 2.45) is 0 Å². The molecule has 0 radical (unpaired) electrons. The molecule has 2 aromatic carbocycles. The number of carboxylic acid groups (broad SMARTS) is 2. The molecule has 0 unspecified atom stereocenters. The number of carbonyl (C=O) groups is 2. The zero-order valence-corrected chi connectivity index (χ0v) is 18.4. The quantitative estimate of drug-likeness (QED) is 0.363. The van der Waals surface area contributed by atoms with Crippen LogP contribution in [0, 0.1) is 0 Å². The molecule has 0 amide bonds. The summed E-state index contributed by atoms with van der Waals surface area (Å²) in [6, 6.07) is 12.3. The summed E-state index contributed by atoms with van der Waals surface area (Å²) in [7, 11) is 0. The van der Waals surface area contributed by atoms with Gasteiger partial charge in [-0.05, 0) is 46.1 Å². The highest BCUT2D eigenvalue weighted by Gasteiger charge is 2.28. The standard InChI is InChI=1S/C22H19BrN2O7/c1-2-31-14-9-12(8-13(23)18(14)32-10-11-6-4-3-5-7-11)15-16(21(27)28)19(24)25-20(26)17(15)22(29)30/h3-9H,2,10H2,1H3,(H,27,28)(H,29,30)(H3,24,25,26). The number of hydrogen-bond donors (Lipinski definition) is 4. The third-order valence-corrected chi connectivity index (χ3v) is 5.09. The van der Waals surface area contributed by atoms with Crippen LogP contribution in [-0.4, -0.2) is 33.7 Å². The number of rotatable bonds is 8. The lowest BCUT2D eigenvalue weighted by molar-refractivity contribution is 0.0695. The van der Waals surface area contributed by atoms with Gasteiger partial charge in [-0.25, -0.2) is 9.59 Å². The SMILES string of the molecule is CCOc1cc(-c2c(C(=O)O)c(N)[nH]c(=O)c2C(=O)O)cc(Br)c1OCc1ccccc1. The second kappa shape index (κ2) is 9.56. The van der Waals surface area contributed by atoms with Gasteiger partial charge in [-0.15, -0.1) is 0 Å². The van der Waals surface area contributed by atoms with E-state index in [9.17, 15) is 24.6 Å². The first-order valence-corrected chi connectivity index (χ1v) is 10.2. The Balaban J connectivity index is 2.20. The van der Waals surface area contributed by atoms with Gasteiger partial charge in [-0.2, -0.15) is 0 Å². The number of anilines is 1. The van der Waals surface area contributed by atoms with E-state index in [1.54, 1.807) is 6.92 Å². The molecule has 0 saturated carbocycles. The largest absolute Gasteiger partial charge is 0.490 e. The number of carboxylic acids is 2. The Bertz CT molecular complexity index is 1240. The number of aromatic nitrogens is 1. The lowest BCUT2D eigenvalue weighted by Crippen LogP contribution is -2.24. The topological polar surface area (TPSA) is 152 Å². The van der Waals surface area contributed by atoms with E-state index in [1.165, 1.54) is 12.1 Å². The summed E-state index contributed by atoms with van der Waals surface area (Å²) in [4.78, 5) is 38.0. The number of benzene rings is 2. The minimum Gasteiger partial charge on any atom is -0.490 e. The van der Waals surface area contributed by atoms with Crippen LogP contribution in [0.1, 0.15) is 33.2 Å². The molecular formula is C22H19BrN2O7. The average Bonchev–Trinajstić information content (AvgIpc) is 2.72. The van der Waals surface area contributed by atoms with E-state index in [2.05, 4.69) is 20.9 Å². The average molecular weight is 503 g/mol. The van der Waals surface area contributed by atoms with Gasteiger partial charge in [0.2, 0.25) is 0 Å². The second-order valence-corrected chi connectivity index (χ2v) is 7.45. The van der Waals surface area contributed by atoms with Crippen molar-refractivity contribution >= 4 is 33.7 Å². The highest BCUT2D eigenvalue weighted by Crippen LogP contribution is 2.42. The van der Waals surface area contributed by atoms with E-state index >= 15 is 0 Å². The summed E-state index contributed by atoms with van der Waals surface area (Å²) in [6.45, 7) is 2.24. The van der Waals surface area contributed by atoms with Crippen molar-refractivity contribution in [1.82, 2.24) is 4.98 Å². The molecule has 32 heavy (non-hydrogen) atoms. The maximum atomic E-state index is 12.3. The maximum Gasteiger partial charge on any atom is 0.342 e. The number of halogens is 1. The highest BCUT2D eigenvalue weighted by atomic mass is 79.9. The maximum absolute atomic E-state index is 12.3. The molecule has 3 aromatic rings. The van der Waals surface area contributed by atoms with E-state index in [0.717, 1.165) is 5.56 Å². The molecule has 10 heteroatoms. The Kier molecular flexibility index (Phi) is 6.84. The normalized spacial score (nSPS) is 10.6. The number of nitrogens with two attached hydrogens (primary N) is 1. The van der Waals surface area contributed by atoms with Gasteiger partial charge < -0.3 is 30.4 Å². The van der Waals surface area contributed by atoms with Crippen LogP contribution < -0.4 is 20.8 Å². The van der Waals surface area contributed by atoms with Crippen LogP contribution in [0.25, 0.3) is 11.1 Å². The van der Waals surface area contributed by atoms with Crippen molar-refractivity contribution < 1.29 is 29.3 Å². The summed E-state index contributed by atoms with van der Waals surface area (Å²) in [5.74, 6) is -2.97. The van der Waals surface area contributed by atoms with Crippen molar-refractivity contribution in [2.75, 3.05) is 12.3 Å². The molecule has 0 spiro atoms. The summed E-state index contributed by atoms with van der Waals surface area (Å²) in [5.41, 5.74) is 4.10. The third kappa shape index (κ3) is 4.59. The van der Waals surface area contributed by atoms with Crippen LogP contribution in [0.3, 0.4) is 0 Å². The smallest absolute Gasteiger partial charge is 0.342 e. The predicted molar refractivity (Wildman–Crippen MR) is 120 cm³/mol. The van der Waals surface area contributed by atoms with Gasteiger partial charge in [0, 0.05) is 5.56 Å². The molecule has 0 saturated heterocycles. The van der Waals surface area contributed by atoms with Crippen LogP contribution >= 0.6 is 15.9 Å². The zero-order valence-electron chi connectivity index (χ0n) is 16.8. The Hall–Kier alpha value is -3.79. The first-order chi connectivity index (χ1) is 15.2. The number of hydrogen-bond acceptors (Lipinski definition) is 6. The molecule has 0 atom stereocenters. The van der Waals surface area contributed by atoms with E-state index in [0.29, 0.717) is 10.2 Å². The lowest BCUT2D eigenvalue weighted by Gasteiger charge is -2.17. The minimum absolute atomic E-state index is 0.111. The molecule has 166 valence electrons. The summed E-state index contributed by atoms with van der Waals surface area (Å²) in [6.07, 6.45) is 0. The molecule has 0 fully saturated rings. The Morgan fingerprint density at radius 2 is 1.72 bits per heavy atom. The van der Waals surface area contributed by atoms with Gasteiger partial charge in [-0.3, -0.25) is 4.79 Å². The van der Waals surface area contributed by atoms with Crippen LogP contribution in [0.15, 0.2) is 51.7 Å². The minimum atomic E-state index is -1.60. The molecule has 5 N–H and O–H groups in total. The predicted octanol–water partition coefficient (Wildman–Crippen LogP) is 3.76. The Morgan fingerprint density at radius 1 is 1.06 bits per heavy atom. The molecule has 1 aromatic heterocycles. The van der Waals surface area contributed by atoms with Crippen molar-refractivity contribution in [1.29, 1.82) is 0 Å². The van der Waals surface area contributed by atoms with Gasteiger partial charge in [-0.1, -0.05) is 30.3 Å². The van der Waals surface area contributed by atoms with Crippen molar-refractivity contribution in [2.45, 2.75) is 13.5 Å². The van der Waals surface area contributed by atoms with Gasteiger partial charge in [0.05, 0.1) is 11.1 Å². The number of aromatic amines is 1. The monoisotopic (exact) mass is 502 g/mol. The molecule has 0 aliphatic heterocycles. The fourth-order valence-corrected chi connectivity index (χ4v) is 3.74. The van der Waals surface area contributed by atoms with Crippen molar-refractivity contribution in [3.8, 4) is 22.6 Å². The molecule has 0 aliphatic rings. The van der Waals surface area contributed by atoms with Crippen LogP contribution in [0.2, 0.25) is 0 Å². The molecule has 9 nitrogen and oxygen atoms in total. The molecule has 0 bridgehead atoms. The van der Waals surface area contributed by atoms with Gasteiger partial charge in [0.15, 0.2) is 11.5 Å². The van der Waals surface area contributed by atoms with Crippen molar-refractivity contribution in [3.63, 3.8) is 0 Å². The fourth-order valence-electron chi connectivity index (χ4n) is 3.18. The van der Waals surface area contributed by atoms with Gasteiger partial charge in [0.1, 0.15) is 23.6 Å². The Labute approximate surface area is 190 Å². The van der Waals surface area contributed by atoms with Crippen LogP contribution in [-0.2, 0) is 6.61 Å². The first kappa shape index (κ1) is 22.9. The summed E-state index contributed by atoms with van der Waals surface area (Å²) >= 11 is 3.38. The lowest BCUT2D eigenvalue weighted by atomic mass is 9.95. The van der Waals surface area contributed by atoms with E-state index < -0.39 is 34.4 Å². The Morgan fingerprint density at radius 3 is 2.31 bits per heavy atom. The van der Waals surface area contributed by atoms with Crippen LogP contribution in [0.5, 0.6) is 11.5 Å². The number of nitrogen functional groups attached to an aromatic ring is 1. The molecule has 3 rings (SSSR count). The van der Waals surface area contributed by atoms with E-state index in [-0.39, 0.29) is 30.1 Å². The van der Waals surface area contributed by atoms with Crippen molar-refractivity contribution in [3.05, 3.63) is 74.0 Å². The van der Waals surface area contributed by atoms with E-state index in [1.807, 2.05) is 30.3 Å². The number of pyridine rings is 1. The zero-order chi connectivity index (χ0) is 23.4. The fraction of sp³-hybridized carbons (Fsp3) is 0.136. The number of H-pyrrole nitrogens is 1. The van der Waals surface area contributed by atoms with E-state index in [4.69, 9.17) is 15.2 Å². The number of aromatic carboxylic acids is 2. The number of nitrogens with one attached hydrogen (secondary N) is 1. The van der Waals surface area contributed by atoms with Gasteiger partial charge in [0.25, 0.3) is 5.56 Å².